The number of fused-ring (bicyclic) bond motifs is 1. The van der Waals surface area contributed by atoms with Crippen LogP contribution in [0.3, 0.4) is 0 Å². The Morgan fingerprint density at radius 3 is 2.88 bits per heavy atom. The van der Waals surface area contributed by atoms with Gasteiger partial charge in [0.15, 0.2) is 0 Å². The van der Waals surface area contributed by atoms with Gasteiger partial charge in [0.05, 0.1) is 23.8 Å². The molecule has 0 fully saturated rings. The summed E-state index contributed by atoms with van der Waals surface area (Å²) in [7, 11) is 0. The summed E-state index contributed by atoms with van der Waals surface area (Å²) < 4.78 is 16.8. The molecule has 0 radical (unpaired) electrons. The van der Waals surface area contributed by atoms with E-state index in [0.717, 1.165) is 0 Å². The molecule has 0 spiro atoms. The molecule has 2 aromatic rings. The van der Waals surface area contributed by atoms with Crippen molar-refractivity contribution in [2.45, 2.75) is 6.92 Å². The van der Waals surface area contributed by atoms with Gasteiger partial charge in [-0.15, -0.1) is 0 Å². The number of benzene rings is 1. The summed E-state index contributed by atoms with van der Waals surface area (Å²) >= 11 is 0. The first kappa shape index (κ1) is 12.8. The monoisotopic (exact) mass is 238 g/mol. The molecule has 0 aliphatic carbocycles. The molecule has 0 aliphatic heterocycles. The fraction of sp³-hybridized carbons (Fsp3) is 0.182. The van der Waals surface area contributed by atoms with Gasteiger partial charge in [-0.3, -0.25) is 9.59 Å². The minimum Gasteiger partial charge on any atom is -0.468 e. The normalized spacial score (nSPS) is 9.29. The van der Waals surface area contributed by atoms with Crippen LogP contribution in [-0.2, 0) is 9.53 Å². The van der Waals surface area contributed by atoms with Crippen molar-refractivity contribution < 1.29 is 13.9 Å². The highest BCUT2D eigenvalue weighted by Gasteiger charge is 1.99. The Balaban J connectivity index is 0.000000249. The van der Waals surface area contributed by atoms with Crippen molar-refractivity contribution in [3.8, 4) is 0 Å². The second-order valence-electron chi connectivity index (χ2n) is 2.94. The average molecular weight is 238 g/mol. The van der Waals surface area contributed by atoms with Gasteiger partial charge in [-0.25, -0.2) is 9.37 Å². The smallest absolute Gasteiger partial charge is 0.293 e. The zero-order valence-corrected chi connectivity index (χ0v) is 9.14. The topological polar surface area (TPSA) is 72.1 Å². The minimum atomic E-state index is -0.430. The lowest BCUT2D eigenvalue weighted by molar-refractivity contribution is -0.128. The maximum absolute atomic E-state index is 12.6. The summed E-state index contributed by atoms with van der Waals surface area (Å²) in [6, 6.07) is 3.91. The second kappa shape index (κ2) is 6.37. The van der Waals surface area contributed by atoms with Crippen LogP contribution < -0.4 is 5.56 Å². The van der Waals surface area contributed by atoms with Crippen LogP contribution in [-0.4, -0.2) is 23.0 Å². The van der Waals surface area contributed by atoms with E-state index in [1.165, 1.54) is 24.5 Å². The maximum Gasteiger partial charge on any atom is 0.293 e. The van der Waals surface area contributed by atoms with E-state index in [9.17, 15) is 14.0 Å². The molecule has 1 aromatic carbocycles. The fourth-order valence-corrected chi connectivity index (χ4v) is 1.11. The summed E-state index contributed by atoms with van der Waals surface area (Å²) in [6.07, 6.45) is 1.29. The number of ether oxygens (including phenoxy) is 1. The highest BCUT2D eigenvalue weighted by Crippen LogP contribution is 2.06. The zero-order chi connectivity index (χ0) is 12.7. The number of rotatable bonds is 2. The van der Waals surface area contributed by atoms with E-state index < -0.39 is 5.82 Å². The molecule has 90 valence electrons. The third-order valence-corrected chi connectivity index (χ3v) is 1.84. The number of aromatic amines is 1. The van der Waals surface area contributed by atoms with E-state index in [1.807, 2.05) is 0 Å². The van der Waals surface area contributed by atoms with Gasteiger partial charge in [-0.1, -0.05) is 0 Å². The molecular weight excluding hydrogens is 227 g/mol. The Labute approximate surface area is 96.3 Å². The number of hydrogen-bond acceptors (Lipinski definition) is 4. The molecule has 2 rings (SSSR count). The quantitative estimate of drug-likeness (QED) is 0.799. The highest BCUT2D eigenvalue weighted by atomic mass is 19.1. The van der Waals surface area contributed by atoms with E-state index in [4.69, 9.17) is 0 Å². The van der Waals surface area contributed by atoms with Crippen LogP contribution in [0.2, 0.25) is 0 Å². The average Bonchev–Trinajstić information content (AvgIpc) is 2.32. The Kier molecular flexibility index (Phi) is 4.80. The van der Waals surface area contributed by atoms with Gasteiger partial charge < -0.3 is 9.72 Å². The predicted molar refractivity (Wildman–Crippen MR) is 60.0 cm³/mol. The fourth-order valence-electron chi connectivity index (χ4n) is 1.11. The van der Waals surface area contributed by atoms with E-state index in [1.54, 1.807) is 6.92 Å². The molecule has 1 heterocycles. The predicted octanol–water partition coefficient (Wildman–Crippen LogP) is 1.24. The molecule has 0 saturated carbocycles. The lowest BCUT2D eigenvalue weighted by atomic mass is 10.2. The number of carbonyl (C=O) groups is 1. The Morgan fingerprint density at radius 2 is 2.29 bits per heavy atom. The van der Waals surface area contributed by atoms with E-state index in [2.05, 4.69) is 14.7 Å². The first-order valence-electron chi connectivity index (χ1n) is 4.87. The first-order chi connectivity index (χ1) is 8.19. The summed E-state index contributed by atoms with van der Waals surface area (Å²) in [6.45, 7) is 2.66. The first-order valence-corrected chi connectivity index (χ1v) is 4.87. The number of halogens is 1. The SMILES string of the molecule is CCOC=O.O=c1[nH]cnc2ccc(F)cc12. The van der Waals surface area contributed by atoms with Crippen molar-refractivity contribution in [2.75, 3.05) is 6.61 Å². The Bertz CT molecular complexity index is 554. The van der Waals surface area contributed by atoms with Crippen molar-refractivity contribution in [1.29, 1.82) is 0 Å². The summed E-state index contributed by atoms with van der Waals surface area (Å²) in [4.78, 5) is 26.5. The van der Waals surface area contributed by atoms with E-state index in [0.29, 0.717) is 18.6 Å². The van der Waals surface area contributed by atoms with Gasteiger partial charge in [-0.05, 0) is 25.1 Å². The van der Waals surface area contributed by atoms with Gasteiger partial charge >= 0.3 is 0 Å². The standard InChI is InChI=1S/C8H5FN2O.C3H6O2/c9-5-1-2-7-6(3-5)8(12)11-4-10-7;1-2-5-3-4/h1-4H,(H,10,11,12);3H,2H2,1H3. The lowest BCUT2D eigenvalue weighted by Crippen LogP contribution is -2.06. The highest BCUT2D eigenvalue weighted by molar-refractivity contribution is 5.76. The van der Waals surface area contributed by atoms with E-state index in [-0.39, 0.29) is 10.9 Å². The molecule has 0 atom stereocenters. The lowest BCUT2D eigenvalue weighted by Gasteiger charge is -1.93. The van der Waals surface area contributed by atoms with Crippen LogP contribution in [0.1, 0.15) is 6.92 Å². The molecule has 17 heavy (non-hydrogen) atoms. The van der Waals surface area contributed by atoms with Crippen molar-refractivity contribution in [2.24, 2.45) is 0 Å². The molecule has 6 heteroatoms. The van der Waals surface area contributed by atoms with Crippen LogP contribution >= 0.6 is 0 Å². The minimum absolute atomic E-state index is 0.275. The van der Waals surface area contributed by atoms with Crippen LogP contribution in [0.4, 0.5) is 4.39 Å². The third kappa shape index (κ3) is 3.67. The molecule has 0 unspecified atom stereocenters. The molecule has 5 nitrogen and oxygen atoms in total. The number of nitrogens with one attached hydrogen (secondary N) is 1. The largest absolute Gasteiger partial charge is 0.468 e. The van der Waals surface area contributed by atoms with Gasteiger partial charge in [-0.2, -0.15) is 0 Å². The summed E-state index contributed by atoms with van der Waals surface area (Å²) in [5, 5.41) is 0.275. The Morgan fingerprint density at radius 1 is 1.53 bits per heavy atom. The van der Waals surface area contributed by atoms with Crippen molar-refractivity contribution in [3.63, 3.8) is 0 Å². The molecule has 1 N–H and O–H groups in total. The number of aromatic nitrogens is 2. The van der Waals surface area contributed by atoms with Gasteiger partial charge in [0.2, 0.25) is 0 Å². The van der Waals surface area contributed by atoms with Gasteiger partial charge in [0, 0.05) is 0 Å². The van der Waals surface area contributed by atoms with Gasteiger partial charge in [0.25, 0.3) is 12.0 Å². The van der Waals surface area contributed by atoms with Crippen LogP contribution in [0.15, 0.2) is 29.3 Å². The van der Waals surface area contributed by atoms with E-state index >= 15 is 0 Å². The molecular formula is C11H11FN2O3. The Hall–Kier alpha value is -2.24. The number of nitrogens with zero attached hydrogens (tertiary/aromatic N) is 1. The summed E-state index contributed by atoms with van der Waals surface area (Å²) in [5.41, 5.74) is 0.180. The van der Waals surface area contributed by atoms with Crippen LogP contribution in [0.25, 0.3) is 10.9 Å². The van der Waals surface area contributed by atoms with Gasteiger partial charge in [0.1, 0.15) is 5.82 Å². The van der Waals surface area contributed by atoms with Crippen molar-refractivity contribution >= 4 is 17.4 Å². The zero-order valence-electron chi connectivity index (χ0n) is 9.14. The van der Waals surface area contributed by atoms with Crippen molar-refractivity contribution in [3.05, 3.63) is 40.7 Å². The maximum atomic E-state index is 12.6. The van der Waals surface area contributed by atoms with Crippen LogP contribution in [0.5, 0.6) is 0 Å². The second-order valence-corrected chi connectivity index (χ2v) is 2.94. The number of carbonyl (C=O) groups excluding carboxylic acids is 1. The number of H-pyrrole nitrogens is 1. The molecule has 0 saturated heterocycles. The number of hydrogen-bond donors (Lipinski definition) is 1. The molecule has 0 amide bonds. The third-order valence-electron chi connectivity index (χ3n) is 1.84. The van der Waals surface area contributed by atoms with Crippen LogP contribution in [0, 0.1) is 5.82 Å². The molecule has 1 aromatic heterocycles. The summed E-state index contributed by atoms with van der Waals surface area (Å²) in [5.74, 6) is -0.430. The van der Waals surface area contributed by atoms with Crippen molar-refractivity contribution in [1.82, 2.24) is 9.97 Å². The molecule has 0 aliphatic rings. The molecule has 0 bridgehead atoms.